The Morgan fingerprint density at radius 1 is 1.38 bits per heavy atom. The van der Waals surface area contributed by atoms with Crippen LogP contribution in [0.4, 0.5) is 0 Å². The van der Waals surface area contributed by atoms with Crippen molar-refractivity contribution in [2.24, 2.45) is 16.6 Å². The van der Waals surface area contributed by atoms with E-state index < -0.39 is 6.10 Å². The topological polar surface area (TPSA) is 68.4 Å². The first-order valence-electron chi connectivity index (χ1n) is 7.64. The van der Waals surface area contributed by atoms with Crippen LogP contribution in [0.1, 0.15) is 43.5 Å². The number of pyridine rings is 1. The SMILES string of the molecule is COc1c(C)cnc(CC2(CN)CCC(C)(C)C2O)c1C. The lowest BCUT2D eigenvalue weighted by Crippen LogP contribution is -2.44. The fraction of sp³-hybridized carbons (Fsp3) is 0.706. The molecule has 2 rings (SSSR count). The third kappa shape index (κ3) is 2.67. The lowest BCUT2D eigenvalue weighted by atomic mass is 9.74. The Hall–Kier alpha value is -1.13. The summed E-state index contributed by atoms with van der Waals surface area (Å²) in [4.78, 5) is 4.58. The van der Waals surface area contributed by atoms with Crippen LogP contribution in [0.25, 0.3) is 0 Å². The Bertz CT molecular complexity index is 528. The fourth-order valence-electron chi connectivity index (χ4n) is 3.73. The molecule has 1 saturated carbocycles. The van der Waals surface area contributed by atoms with E-state index >= 15 is 0 Å². The number of aliphatic hydroxyl groups is 1. The number of hydrogen-bond donors (Lipinski definition) is 2. The second-order valence-corrected chi connectivity index (χ2v) is 7.18. The largest absolute Gasteiger partial charge is 0.496 e. The summed E-state index contributed by atoms with van der Waals surface area (Å²) >= 11 is 0. The van der Waals surface area contributed by atoms with Crippen molar-refractivity contribution in [1.29, 1.82) is 0 Å². The molecule has 0 spiro atoms. The number of nitrogens with zero attached hydrogens (tertiary/aromatic N) is 1. The maximum absolute atomic E-state index is 10.8. The molecular weight excluding hydrogens is 264 g/mol. The van der Waals surface area contributed by atoms with Gasteiger partial charge in [-0.05, 0) is 38.5 Å². The van der Waals surface area contributed by atoms with Gasteiger partial charge in [0.05, 0.1) is 13.2 Å². The maximum atomic E-state index is 10.8. The predicted molar refractivity (Wildman–Crippen MR) is 84.5 cm³/mol. The highest BCUT2D eigenvalue weighted by Gasteiger charge is 2.51. The van der Waals surface area contributed by atoms with Gasteiger partial charge in [-0.15, -0.1) is 0 Å². The zero-order chi connectivity index (χ0) is 15.8. The molecule has 0 amide bonds. The van der Waals surface area contributed by atoms with Gasteiger partial charge in [0.1, 0.15) is 5.75 Å². The van der Waals surface area contributed by atoms with Crippen molar-refractivity contribution < 1.29 is 9.84 Å². The molecule has 1 aliphatic rings. The van der Waals surface area contributed by atoms with Crippen molar-refractivity contribution in [3.63, 3.8) is 0 Å². The highest BCUT2D eigenvalue weighted by atomic mass is 16.5. The molecule has 0 aliphatic heterocycles. The van der Waals surface area contributed by atoms with Gasteiger partial charge in [-0.2, -0.15) is 0 Å². The third-order valence-electron chi connectivity index (χ3n) is 5.26. The first-order valence-corrected chi connectivity index (χ1v) is 7.64. The standard InChI is InChI=1S/C17H28N2O2/c1-11-9-19-13(12(2)14(11)21-5)8-17(10-18)7-6-16(3,4)15(17)20/h9,15,20H,6-8,10,18H2,1-5H3. The average molecular weight is 292 g/mol. The van der Waals surface area contributed by atoms with Crippen LogP contribution in [0.15, 0.2) is 6.20 Å². The van der Waals surface area contributed by atoms with E-state index in [9.17, 15) is 5.11 Å². The molecule has 4 nitrogen and oxygen atoms in total. The minimum absolute atomic E-state index is 0.0813. The van der Waals surface area contributed by atoms with Gasteiger partial charge in [0.15, 0.2) is 0 Å². The first-order chi connectivity index (χ1) is 9.77. The summed E-state index contributed by atoms with van der Waals surface area (Å²) in [6.45, 7) is 8.74. The van der Waals surface area contributed by atoms with Crippen molar-refractivity contribution in [2.45, 2.75) is 53.1 Å². The van der Waals surface area contributed by atoms with Gasteiger partial charge in [0.2, 0.25) is 0 Å². The van der Waals surface area contributed by atoms with Crippen molar-refractivity contribution in [1.82, 2.24) is 4.98 Å². The van der Waals surface area contributed by atoms with Gasteiger partial charge in [0, 0.05) is 35.0 Å². The number of methoxy groups -OCH3 is 1. The number of ether oxygens (including phenoxy) is 1. The molecule has 2 unspecified atom stereocenters. The Labute approximate surface area is 127 Å². The fourth-order valence-corrected chi connectivity index (χ4v) is 3.73. The van der Waals surface area contributed by atoms with E-state index in [1.165, 1.54) is 0 Å². The van der Waals surface area contributed by atoms with Gasteiger partial charge in [0.25, 0.3) is 0 Å². The van der Waals surface area contributed by atoms with Crippen LogP contribution in [0.3, 0.4) is 0 Å². The molecule has 0 bridgehead atoms. The summed E-state index contributed by atoms with van der Waals surface area (Å²) in [6.07, 6.45) is 4.08. The highest BCUT2D eigenvalue weighted by molar-refractivity contribution is 5.41. The smallest absolute Gasteiger partial charge is 0.128 e. The van der Waals surface area contributed by atoms with Crippen LogP contribution >= 0.6 is 0 Å². The normalized spacial score (nSPS) is 27.9. The summed E-state index contributed by atoms with van der Waals surface area (Å²) in [5, 5.41) is 10.8. The number of aryl methyl sites for hydroxylation is 1. The molecule has 0 aromatic carbocycles. The average Bonchev–Trinajstić information content (AvgIpc) is 2.67. The minimum Gasteiger partial charge on any atom is -0.496 e. The monoisotopic (exact) mass is 292 g/mol. The van der Waals surface area contributed by atoms with E-state index in [0.717, 1.165) is 35.4 Å². The predicted octanol–water partition coefficient (Wildman–Crippen LogP) is 2.38. The minimum atomic E-state index is -0.400. The van der Waals surface area contributed by atoms with E-state index in [1.807, 2.05) is 20.0 Å². The number of rotatable bonds is 4. The van der Waals surface area contributed by atoms with Crippen LogP contribution in [0.2, 0.25) is 0 Å². The van der Waals surface area contributed by atoms with Gasteiger partial charge >= 0.3 is 0 Å². The number of aliphatic hydroxyl groups excluding tert-OH is 1. The Balaban J connectivity index is 2.37. The van der Waals surface area contributed by atoms with E-state index in [1.54, 1.807) is 7.11 Å². The van der Waals surface area contributed by atoms with Crippen LogP contribution in [-0.4, -0.2) is 29.8 Å². The number of hydrogen-bond acceptors (Lipinski definition) is 4. The molecule has 0 radical (unpaired) electrons. The summed E-state index contributed by atoms with van der Waals surface area (Å²) in [7, 11) is 1.69. The molecule has 0 saturated heterocycles. The molecule has 1 aromatic heterocycles. The van der Waals surface area contributed by atoms with Crippen LogP contribution in [0, 0.1) is 24.7 Å². The second kappa shape index (κ2) is 5.58. The molecule has 3 N–H and O–H groups in total. The molecule has 1 aliphatic carbocycles. The molecule has 1 fully saturated rings. The molecule has 21 heavy (non-hydrogen) atoms. The summed E-state index contributed by atoms with van der Waals surface area (Å²) in [6, 6.07) is 0. The van der Waals surface area contributed by atoms with Crippen molar-refractivity contribution in [3.8, 4) is 5.75 Å². The molecule has 4 heteroatoms. The molecular formula is C17H28N2O2. The highest BCUT2D eigenvalue weighted by Crippen LogP contribution is 2.50. The molecule has 1 aromatic rings. The quantitative estimate of drug-likeness (QED) is 0.894. The summed E-state index contributed by atoms with van der Waals surface area (Å²) < 4.78 is 5.48. The van der Waals surface area contributed by atoms with Crippen LogP contribution in [0.5, 0.6) is 5.75 Å². The van der Waals surface area contributed by atoms with Gasteiger partial charge in [-0.1, -0.05) is 13.8 Å². The summed E-state index contributed by atoms with van der Waals surface area (Å²) in [5.41, 5.74) is 8.78. The molecule has 1 heterocycles. The van der Waals surface area contributed by atoms with E-state index in [-0.39, 0.29) is 10.8 Å². The van der Waals surface area contributed by atoms with E-state index in [2.05, 4.69) is 18.8 Å². The van der Waals surface area contributed by atoms with E-state index in [0.29, 0.717) is 13.0 Å². The second-order valence-electron chi connectivity index (χ2n) is 7.18. The zero-order valence-corrected chi connectivity index (χ0v) is 13.9. The lowest BCUT2D eigenvalue weighted by molar-refractivity contribution is -0.00517. The maximum Gasteiger partial charge on any atom is 0.128 e. The summed E-state index contributed by atoms with van der Waals surface area (Å²) in [5.74, 6) is 0.888. The van der Waals surface area contributed by atoms with Crippen molar-refractivity contribution >= 4 is 0 Å². The van der Waals surface area contributed by atoms with Crippen molar-refractivity contribution in [3.05, 3.63) is 23.0 Å². The van der Waals surface area contributed by atoms with Gasteiger partial charge in [-0.3, -0.25) is 4.98 Å². The van der Waals surface area contributed by atoms with Gasteiger partial charge in [-0.25, -0.2) is 0 Å². The number of nitrogens with two attached hydrogens (primary N) is 1. The Kier molecular flexibility index (Phi) is 4.31. The number of aromatic nitrogens is 1. The third-order valence-corrected chi connectivity index (χ3v) is 5.26. The molecule has 118 valence electrons. The van der Waals surface area contributed by atoms with Crippen LogP contribution < -0.4 is 10.5 Å². The van der Waals surface area contributed by atoms with E-state index in [4.69, 9.17) is 10.5 Å². The Morgan fingerprint density at radius 3 is 2.52 bits per heavy atom. The molecule has 2 atom stereocenters. The Morgan fingerprint density at radius 2 is 2.05 bits per heavy atom. The van der Waals surface area contributed by atoms with Crippen LogP contribution in [-0.2, 0) is 6.42 Å². The lowest BCUT2D eigenvalue weighted by Gasteiger charge is -2.36. The first kappa shape index (κ1) is 16.2. The zero-order valence-electron chi connectivity index (χ0n) is 13.9. The van der Waals surface area contributed by atoms with Crippen molar-refractivity contribution in [2.75, 3.05) is 13.7 Å². The van der Waals surface area contributed by atoms with Gasteiger partial charge < -0.3 is 15.6 Å².